The quantitative estimate of drug-likeness (QED) is 0.601. The molecule has 0 aromatic heterocycles. The van der Waals surface area contributed by atoms with E-state index >= 15 is 0 Å². The van der Waals surface area contributed by atoms with E-state index in [-0.39, 0.29) is 6.47 Å². The standard InChI is InChI=1S/C8H10N2O.CH2O2/c1-10-7-5-3-2-4-6(7)8(9)11;2-1-3/h2-5,10H,1H3,(H2,9,11);1H,(H,2,3). The third-order valence-corrected chi connectivity index (χ3v) is 1.46. The fourth-order valence-corrected chi connectivity index (χ4v) is 0.916. The summed E-state index contributed by atoms with van der Waals surface area (Å²) in [5, 5.41) is 9.76. The lowest BCUT2D eigenvalue weighted by molar-refractivity contribution is -0.122. The van der Waals surface area contributed by atoms with Gasteiger partial charge in [0.15, 0.2) is 0 Å². The number of hydrogen-bond donors (Lipinski definition) is 3. The van der Waals surface area contributed by atoms with Crippen molar-refractivity contribution < 1.29 is 14.7 Å². The zero-order valence-electron chi connectivity index (χ0n) is 7.73. The summed E-state index contributed by atoms with van der Waals surface area (Å²) in [4.78, 5) is 19.1. The van der Waals surface area contributed by atoms with Gasteiger partial charge in [-0.1, -0.05) is 12.1 Å². The number of carbonyl (C=O) groups is 2. The summed E-state index contributed by atoms with van der Waals surface area (Å²) in [6.45, 7) is -0.250. The lowest BCUT2D eigenvalue weighted by atomic mass is 10.2. The summed E-state index contributed by atoms with van der Waals surface area (Å²) in [5.74, 6) is -0.407. The smallest absolute Gasteiger partial charge is 0.290 e. The van der Waals surface area contributed by atoms with E-state index in [0.717, 1.165) is 5.69 Å². The maximum absolute atomic E-state index is 10.8. The first-order valence-corrected chi connectivity index (χ1v) is 3.81. The maximum Gasteiger partial charge on any atom is 0.290 e. The van der Waals surface area contributed by atoms with Crippen molar-refractivity contribution in [3.63, 3.8) is 0 Å². The normalized spacial score (nSPS) is 8.07. The van der Waals surface area contributed by atoms with Crippen molar-refractivity contribution in [1.82, 2.24) is 0 Å². The predicted octanol–water partition coefficient (Wildman–Crippen LogP) is 0.528. The van der Waals surface area contributed by atoms with Crippen LogP contribution in [0.15, 0.2) is 24.3 Å². The van der Waals surface area contributed by atoms with E-state index in [4.69, 9.17) is 15.6 Å². The van der Waals surface area contributed by atoms with Crippen LogP contribution in [-0.4, -0.2) is 24.5 Å². The molecule has 5 heteroatoms. The molecule has 0 aliphatic carbocycles. The molecule has 1 amide bonds. The Morgan fingerprint density at radius 1 is 1.50 bits per heavy atom. The molecule has 0 spiro atoms. The summed E-state index contributed by atoms with van der Waals surface area (Å²) in [6, 6.07) is 7.12. The van der Waals surface area contributed by atoms with Gasteiger partial charge in [-0.3, -0.25) is 9.59 Å². The van der Waals surface area contributed by atoms with E-state index in [1.165, 1.54) is 0 Å². The molecule has 0 unspecified atom stereocenters. The lowest BCUT2D eigenvalue weighted by Gasteiger charge is -2.03. The first kappa shape index (κ1) is 12.0. The van der Waals surface area contributed by atoms with Crippen LogP contribution in [0.5, 0.6) is 0 Å². The molecular weight excluding hydrogens is 184 g/mol. The van der Waals surface area contributed by atoms with E-state index in [0.29, 0.717) is 5.56 Å². The highest BCUT2D eigenvalue weighted by molar-refractivity contribution is 5.98. The minimum absolute atomic E-state index is 0.250. The Bertz CT molecular complexity index is 313. The van der Waals surface area contributed by atoms with Gasteiger partial charge in [0.2, 0.25) is 0 Å². The van der Waals surface area contributed by atoms with Gasteiger partial charge in [-0.15, -0.1) is 0 Å². The molecule has 5 nitrogen and oxygen atoms in total. The number of benzene rings is 1. The minimum atomic E-state index is -0.407. The Kier molecular flexibility index (Phi) is 5.53. The molecule has 0 aliphatic heterocycles. The third kappa shape index (κ3) is 3.57. The Balaban J connectivity index is 0.000000500. The van der Waals surface area contributed by atoms with Crippen LogP contribution in [0.2, 0.25) is 0 Å². The summed E-state index contributed by atoms with van der Waals surface area (Å²) in [5.41, 5.74) is 6.40. The molecule has 14 heavy (non-hydrogen) atoms. The molecule has 1 aromatic carbocycles. The molecule has 0 radical (unpaired) electrons. The van der Waals surface area contributed by atoms with Gasteiger partial charge < -0.3 is 16.2 Å². The number of hydrogen-bond acceptors (Lipinski definition) is 3. The van der Waals surface area contributed by atoms with Crippen molar-refractivity contribution >= 4 is 18.1 Å². The summed E-state index contributed by atoms with van der Waals surface area (Å²) in [6.07, 6.45) is 0. The third-order valence-electron chi connectivity index (χ3n) is 1.46. The van der Waals surface area contributed by atoms with Crippen molar-refractivity contribution in [2.45, 2.75) is 0 Å². The summed E-state index contributed by atoms with van der Waals surface area (Å²) in [7, 11) is 1.75. The zero-order chi connectivity index (χ0) is 11.0. The molecule has 4 N–H and O–H groups in total. The van der Waals surface area contributed by atoms with Crippen LogP contribution in [0.1, 0.15) is 10.4 Å². The fourth-order valence-electron chi connectivity index (χ4n) is 0.916. The van der Waals surface area contributed by atoms with Gasteiger partial charge in [-0.25, -0.2) is 0 Å². The number of carboxylic acid groups (broad SMARTS) is 1. The van der Waals surface area contributed by atoms with E-state index < -0.39 is 5.91 Å². The van der Waals surface area contributed by atoms with Gasteiger partial charge in [0.1, 0.15) is 0 Å². The maximum atomic E-state index is 10.8. The Labute approximate surface area is 81.5 Å². The van der Waals surface area contributed by atoms with Crippen molar-refractivity contribution in [2.24, 2.45) is 5.73 Å². The predicted molar refractivity (Wildman–Crippen MR) is 53.2 cm³/mol. The second kappa shape index (κ2) is 6.47. The number of rotatable bonds is 2. The van der Waals surface area contributed by atoms with E-state index in [9.17, 15) is 4.79 Å². The average Bonchev–Trinajstić information content (AvgIpc) is 2.19. The van der Waals surface area contributed by atoms with Crippen molar-refractivity contribution in [2.75, 3.05) is 12.4 Å². The number of primary amides is 1. The number of carbonyl (C=O) groups excluding carboxylic acids is 1. The van der Waals surface area contributed by atoms with Gasteiger partial charge in [0.25, 0.3) is 12.4 Å². The molecule has 0 bridgehead atoms. The second-order valence-electron chi connectivity index (χ2n) is 2.27. The highest BCUT2D eigenvalue weighted by atomic mass is 16.3. The van der Waals surface area contributed by atoms with E-state index in [1.807, 2.05) is 6.07 Å². The largest absolute Gasteiger partial charge is 0.483 e. The van der Waals surface area contributed by atoms with Crippen molar-refractivity contribution in [3.8, 4) is 0 Å². The Morgan fingerprint density at radius 3 is 2.36 bits per heavy atom. The molecule has 0 saturated heterocycles. The van der Waals surface area contributed by atoms with Crippen molar-refractivity contribution in [1.29, 1.82) is 0 Å². The van der Waals surface area contributed by atoms with Gasteiger partial charge >= 0.3 is 0 Å². The van der Waals surface area contributed by atoms with Gasteiger partial charge in [0.05, 0.1) is 5.56 Å². The first-order chi connectivity index (χ1) is 6.67. The highest BCUT2D eigenvalue weighted by Gasteiger charge is 2.03. The number of anilines is 1. The van der Waals surface area contributed by atoms with Crippen LogP contribution in [0.25, 0.3) is 0 Å². The number of amides is 1. The molecule has 0 atom stereocenters. The van der Waals surface area contributed by atoms with Gasteiger partial charge in [-0.05, 0) is 12.1 Å². The molecule has 1 rings (SSSR count). The van der Waals surface area contributed by atoms with Crippen molar-refractivity contribution in [3.05, 3.63) is 29.8 Å². The number of para-hydroxylation sites is 1. The topological polar surface area (TPSA) is 92.4 Å². The monoisotopic (exact) mass is 196 g/mol. The van der Waals surface area contributed by atoms with Gasteiger partial charge in [-0.2, -0.15) is 0 Å². The zero-order valence-corrected chi connectivity index (χ0v) is 7.73. The second-order valence-corrected chi connectivity index (χ2v) is 2.27. The highest BCUT2D eigenvalue weighted by Crippen LogP contribution is 2.12. The Hall–Kier alpha value is -2.04. The average molecular weight is 196 g/mol. The Morgan fingerprint density at radius 2 is 2.00 bits per heavy atom. The van der Waals surface area contributed by atoms with Crippen LogP contribution in [0, 0.1) is 0 Å². The molecule has 0 heterocycles. The van der Waals surface area contributed by atoms with Crippen LogP contribution in [0.4, 0.5) is 5.69 Å². The molecule has 0 saturated carbocycles. The van der Waals surface area contributed by atoms with Crippen LogP contribution < -0.4 is 11.1 Å². The van der Waals surface area contributed by atoms with Gasteiger partial charge in [0, 0.05) is 12.7 Å². The molecule has 0 fully saturated rings. The molecule has 0 aliphatic rings. The summed E-state index contributed by atoms with van der Waals surface area (Å²) < 4.78 is 0. The lowest BCUT2D eigenvalue weighted by Crippen LogP contribution is -2.12. The van der Waals surface area contributed by atoms with Crippen LogP contribution in [0.3, 0.4) is 0 Å². The SMILES string of the molecule is CNc1ccccc1C(N)=O.O=CO. The number of nitrogens with two attached hydrogens (primary N) is 1. The van der Waals surface area contributed by atoms with Crippen LogP contribution >= 0.6 is 0 Å². The molecular formula is C9H12N2O3. The van der Waals surface area contributed by atoms with Crippen LogP contribution in [-0.2, 0) is 4.79 Å². The summed E-state index contributed by atoms with van der Waals surface area (Å²) >= 11 is 0. The fraction of sp³-hybridized carbons (Fsp3) is 0.111. The first-order valence-electron chi connectivity index (χ1n) is 3.81. The van der Waals surface area contributed by atoms with E-state index in [1.54, 1.807) is 25.2 Å². The number of nitrogens with one attached hydrogen (secondary N) is 1. The molecule has 1 aromatic rings. The minimum Gasteiger partial charge on any atom is -0.483 e. The molecule has 76 valence electrons. The van der Waals surface area contributed by atoms with E-state index in [2.05, 4.69) is 5.32 Å².